The van der Waals surface area contributed by atoms with Crippen molar-refractivity contribution in [2.24, 2.45) is 0 Å². The van der Waals surface area contributed by atoms with E-state index in [1.165, 1.54) is 0 Å². The summed E-state index contributed by atoms with van der Waals surface area (Å²) in [7, 11) is 0. The maximum Gasteiger partial charge on any atom is 0.315 e. The molecule has 0 saturated heterocycles. The molecule has 118 valence electrons. The normalized spacial score (nSPS) is 18.4. The first-order valence-electron chi connectivity index (χ1n) is 7.67. The molecule has 1 aromatic heterocycles. The Kier molecular flexibility index (Phi) is 5.17. The molecule has 3 N–H and O–H groups in total. The lowest BCUT2D eigenvalue weighted by atomic mass is 9.99. The van der Waals surface area contributed by atoms with Crippen LogP contribution < -0.4 is 10.6 Å². The summed E-state index contributed by atoms with van der Waals surface area (Å²) in [4.78, 5) is 12.1. The number of carbonyl (C=O) groups is 1. The SMILES string of the molecule is CCCn1cnnc1[C@H](C)NC(=O)NC1(CO)CCCC1. The number of aromatic nitrogens is 3. The first-order chi connectivity index (χ1) is 10.1. The van der Waals surface area contributed by atoms with Crippen molar-refractivity contribution in [3.63, 3.8) is 0 Å². The second-order valence-corrected chi connectivity index (χ2v) is 5.85. The minimum absolute atomic E-state index is 0.0131. The minimum Gasteiger partial charge on any atom is -0.394 e. The molecule has 1 atom stereocenters. The Morgan fingerprint density at radius 1 is 1.52 bits per heavy atom. The van der Waals surface area contributed by atoms with Crippen molar-refractivity contribution in [3.05, 3.63) is 12.2 Å². The minimum atomic E-state index is -0.457. The number of aliphatic hydroxyl groups is 1. The third-order valence-electron chi connectivity index (χ3n) is 4.09. The van der Waals surface area contributed by atoms with Crippen LogP contribution in [-0.4, -0.2) is 38.0 Å². The average Bonchev–Trinajstić information content (AvgIpc) is 3.09. The predicted octanol–water partition coefficient (Wildman–Crippen LogP) is 1.35. The molecule has 1 heterocycles. The van der Waals surface area contributed by atoms with Crippen LogP contribution in [0.25, 0.3) is 0 Å². The van der Waals surface area contributed by atoms with Crippen LogP contribution in [0.2, 0.25) is 0 Å². The first kappa shape index (κ1) is 15.8. The summed E-state index contributed by atoms with van der Waals surface area (Å²) in [6.45, 7) is 4.78. The lowest BCUT2D eigenvalue weighted by Crippen LogP contribution is -2.53. The zero-order chi connectivity index (χ0) is 15.3. The second kappa shape index (κ2) is 6.89. The van der Waals surface area contributed by atoms with Crippen molar-refractivity contribution in [2.75, 3.05) is 6.61 Å². The highest BCUT2D eigenvalue weighted by Crippen LogP contribution is 2.29. The second-order valence-electron chi connectivity index (χ2n) is 5.85. The fourth-order valence-corrected chi connectivity index (χ4v) is 2.92. The molecule has 0 aliphatic heterocycles. The van der Waals surface area contributed by atoms with Crippen molar-refractivity contribution < 1.29 is 9.90 Å². The smallest absolute Gasteiger partial charge is 0.315 e. The quantitative estimate of drug-likeness (QED) is 0.738. The van der Waals surface area contributed by atoms with Gasteiger partial charge < -0.3 is 20.3 Å². The summed E-state index contributed by atoms with van der Waals surface area (Å²) >= 11 is 0. The largest absolute Gasteiger partial charge is 0.394 e. The average molecular weight is 295 g/mol. The molecule has 1 saturated carbocycles. The third kappa shape index (κ3) is 3.72. The van der Waals surface area contributed by atoms with Gasteiger partial charge in [0.1, 0.15) is 6.33 Å². The number of nitrogens with zero attached hydrogens (tertiary/aromatic N) is 3. The molecule has 1 aliphatic carbocycles. The summed E-state index contributed by atoms with van der Waals surface area (Å²) in [5.41, 5.74) is -0.457. The van der Waals surface area contributed by atoms with Crippen LogP contribution in [0, 0.1) is 0 Å². The van der Waals surface area contributed by atoms with Gasteiger partial charge in [0.15, 0.2) is 5.82 Å². The summed E-state index contributed by atoms with van der Waals surface area (Å²) in [5.74, 6) is 0.747. The van der Waals surface area contributed by atoms with E-state index < -0.39 is 5.54 Å². The summed E-state index contributed by atoms with van der Waals surface area (Å²) in [6.07, 6.45) is 6.41. The van der Waals surface area contributed by atoms with E-state index in [0.717, 1.165) is 44.5 Å². The lowest BCUT2D eigenvalue weighted by molar-refractivity contribution is 0.161. The van der Waals surface area contributed by atoms with E-state index in [1.807, 2.05) is 11.5 Å². The van der Waals surface area contributed by atoms with E-state index in [4.69, 9.17) is 0 Å². The Hall–Kier alpha value is -1.63. The zero-order valence-electron chi connectivity index (χ0n) is 12.8. The Bertz CT molecular complexity index is 468. The highest BCUT2D eigenvalue weighted by Gasteiger charge is 2.35. The molecule has 2 amide bonds. The van der Waals surface area contributed by atoms with E-state index in [9.17, 15) is 9.90 Å². The maximum atomic E-state index is 12.1. The van der Waals surface area contributed by atoms with Gasteiger partial charge in [-0.2, -0.15) is 0 Å². The number of carbonyl (C=O) groups excluding carboxylic acids is 1. The van der Waals surface area contributed by atoms with Crippen LogP contribution in [0.5, 0.6) is 0 Å². The summed E-state index contributed by atoms with van der Waals surface area (Å²) in [5, 5.41) is 23.3. The number of amides is 2. The van der Waals surface area contributed by atoms with Crippen molar-refractivity contribution in [2.45, 2.75) is 64.1 Å². The van der Waals surface area contributed by atoms with Gasteiger partial charge in [-0.05, 0) is 26.2 Å². The zero-order valence-corrected chi connectivity index (χ0v) is 12.8. The molecule has 1 fully saturated rings. The molecule has 0 radical (unpaired) electrons. The van der Waals surface area contributed by atoms with Crippen LogP contribution in [0.4, 0.5) is 4.79 Å². The van der Waals surface area contributed by atoms with Crippen LogP contribution >= 0.6 is 0 Å². The summed E-state index contributed by atoms with van der Waals surface area (Å²) < 4.78 is 1.95. The highest BCUT2D eigenvalue weighted by molar-refractivity contribution is 5.75. The molecule has 7 heteroatoms. The Morgan fingerprint density at radius 3 is 2.86 bits per heavy atom. The summed E-state index contributed by atoms with van der Waals surface area (Å²) in [6, 6.07) is -0.485. The van der Waals surface area contributed by atoms with E-state index in [0.29, 0.717) is 0 Å². The van der Waals surface area contributed by atoms with E-state index in [2.05, 4.69) is 27.8 Å². The van der Waals surface area contributed by atoms with Gasteiger partial charge >= 0.3 is 6.03 Å². The number of nitrogens with one attached hydrogen (secondary N) is 2. The van der Waals surface area contributed by atoms with Gasteiger partial charge in [0.25, 0.3) is 0 Å². The number of aryl methyl sites for hydroxylation is 1. The van der Waals surface area contributed by atoms with Crippen LogP contribution in [0.3, 0.4) is 0 Å². The van der Waals surface area contributed by atoms with E-state index in [-0.39, 0.29) is 18.7 Å². The van der Waals surface area contributed by atoms with E-state index >= 15 is 0 Å². The van der Waals surface area contributed by atoms with Crippen LogP contribution in [0.15, 0.2) is 6.33 Å². The van der Waals surface area contributed by atoms with Crippen molar-refractivity contribution in [1.29, 1.82) is 0 Å². The number of urea groups is 1. The van der Waals surface area contributed by atoms with Gasteiger partial charge in [-0.1, -0.05) is 19.8 Å². The molecule has 2 rings (SSSR count). The standard InChI is InChI=1S/C14H25N5O2/c1-3-8-19-10-15-18-12(19)11(2)16-13(21)17-14(9-20)6-4-5-7-14/h10-11,20H,3-9H2,1-2H3,(H2,16,17,21)/t11-/m0/s1. The van der Waals surface area contributed by atoms with Crippen molar-refractivity contribution in [3.8, 4) is 0 Å². The van der Waals surface area contributed by atoms with Gasteiger partial charge in [-0.15, -0.1) is 10.2 Å². The number of rotatable bonds is 6. The van der Waals surface area contributed by atoms with E-state index in [1.54, 1.807) is 6.33 Å². The van der Waals surface area contributed by atoms with Gasteiger partial charge in [0.2, 0.25) is 0 Å². The Labute approximate surface area is 125 Å². The van der Waals surface area contributed by atoms with Gasteiger partial charge in [-0.25, -0.2) is 4.79 Å². The number of hydrogen-bond donors (Lipinski definition) is 3. The van der Waals surface area contributed by atoms with Crippen molar-refractivity contribution in [1.82, 2.24) is 25.4 Å². The molecule has 1 aromatic rings. The molecular formula is C14H25N5O2. The molecule has 7 nitrogen and oxygen atoms in total. The van der Waals surface area contributed by atoms with Crippen LogP contribution in [0.1, 0.15) is 57.8 Å². The van der Waals surface area contributed by atoms with Gasteiger partial charge in [0, 0.05) is 6.54 Å². The van der Waals surface area contributed by atoms with Crippen molar-refractivity contribution >= 4 is 6.03 Å². The van der Waals surface area contributed by atoms with Crippen LogP contribution in [-0.2, 0) is 6.54 Å². The molecule has 0 spiro atoms. The Balaban J connectivity index is 1.94. The first-order valence-corrected chi connectivity index (χ1v) is 7.67. The monoisotopic (exact) mass is 295 g/mol. The van der Waals surface area contributed by atoms with Gasteiger partial charge in [-0.3, -0.25) is 0 Å². The molecule has 0 bridgehead atoms. The highest BCUT2D eigenvalue weighted by atomic mass is 16.3. The van der Waals surface area contributed by atoms with Gasteiger partial charge in [0.05, 0.1) is 18.2 Å². The fraction of sp³-hybridized carbons (Fsp3) is 0.786. The molecule has 1 aliphatic rings. The lowest BCUT2D eigenvalue weighted by Gasteiger charge is -2.28. The molecule has 21 heavy (non-hydrogen) atoms. The molecular weight excluding hydrogens is 270 g/mol. The number of aliphatic hydroxyl groups excluding tert-OH is 1. The fourth-order valence-electron chi connectivity index (χ4n) is 2.92. The molecule has 0 aromatic carbocycles. The Morgan fingerprint density at radius 2 is 2.24 bits per heavy atom. The maximum absolute atomic E-state index is 12.1. The number of hydrogen-bond acceptors (Lipinski definition) is 4. The third-order valence-corrected chi connectivity index (χ3v) is 4.09. The topological polar surface area (TPSA) is 92.1 Å². The predicted molar refractivity (Wildman–Crippen MR) is 78.7 cm³/mol. The molecule has 0 unspecified atom stereocenters.